The summed E-state index contributed by atoms with van der Waals surface area (Å²) in [5, 5.41) is 12.1. The predicted molar refractivity (Wildman–Crippen MR) is 106 cm³/mol. The molecule has 2 N–H and O–H groups in total. The zero-order chi connectivity index (χ0) is 20.3. The van der Waals surface area contributed by atoms with Crippen molar-refractivity contribution in [2.45, 2.75) is 51.5 Å². The monoisotopic (exact) mass is 391 g/mol. The number of rotatable bonds is 8. The molecule has 9 heteroatoms. The molecule has 0 spiro atoms. The molecule has 28 heavy (non-hydrogen) atoms. The van der Waals surface area contributed by atoms with E-state index in [2.05, 4.69) is 10.3 Å². The number of imidazole rings is 1. The summed E-state index contributed by atoms with van der Waals surface area (Å²) in [6, 6.07) is 0. The van der Waals surface area contributed by atoms with Gasteiger partial charge in [-0.1, -0.05) is 0 Å². The number of carboxylic acids is 1. The van der Waals surface area contributed by atoms with Crippen LogP contribution in [0.3, 0.4) is 0 Å². The van der Waals surface area contributed by atoms with Crippen LogP contribution in [0.2, 0.25) is 0 Å². The standard InChI is InChI=1S/C19H29N5O4/c1-22-14(7-6-13-8-10-20-11-9-13)21-16-17(22)23(2)19(28)24(18(16)27)12-4-3-5-15(25)26/h13,20H,3-12H2,1-2H3,(H,25,26). The Morgan fingerprint density at radius 1 is 1.18 bits per heavy atom. The van der Waals surface area contributed by atoms with Crippen molar-refractivity contribution in [3.8, 4) is 0 Å². The minimum Gasteiger partial charge on any atom is -0.481 e. The van der Waals surface area contributed by atoms with Crippen LogP contribution in [0, 0.1) is 5.92 Å². The van der Waals surface area contributed by atoms with Crippen LogP contribution in [-0.2, 0) is 31.9 Å². The van der Waals surface area contributed by atoms with Crippen molar-refractivity contribution < 1.29 is 9.90 Å². The fourth-order valence-electron chi connectivity index (χ4n) is 4.02. The number of unbranched alkanes of at least 4 members (excludes halogenated alkanes) is 1. The van der Waals surface area contributed by atoms with E-state index >= 15 is 0 Å². The molecule has 1 fully saturated rings. The van der Waals surface area contributed by atoms with E-state index in [-0.39, 0.29) is 18.7 Å². The van der Waals surface area contributed by atoms with E-state index in [4.69, 9.17) is 5.11 Å². The Labute approximate surface area is 163 Å². The van der Waals surface area contributed by atoms with Gasteiger partial charge in [-0.05, 0) is 51.1 Å². The molecule has 0 aromatic carbocycles. The topological polar surface area (TPSA) is 111 Å². The Kier molecular flexibility index (Phi) is 6.33. The first-order valence-corrected chi connectivity index (χ1v) is 9.97. The van der Waals surface area contributed by atoms with Gasteiger partial charge in [-0.25, -0.2) is 9.78 Å². The SMILES string of the molecule is Cn1c(CCC2CCNCC2)nc2c(=O)n(CCCCC(=O)O)c(=O)n(C)c21. The van der Waals surface area contributed by atoms with E-state index in [9.17, 15) is 14.4 Å². The summed E-state index contributed by atoms with van der Waals surface area (Å²) in [6.45, 7) is 2.30. The van der Waals surface area contributed by atoms with E-state index in [0.717, 1.165) is 44.6 Å². The molecule has 0 radical (unpaired) electrons. The number of hydrogen-bond acceptors (Lipinski definition) is 5. The number of hydrogen-bond donors (Lipinski definition) is 2. The highest BCUT2D eigenvalue weighted by Gasteiger charge is 2.20. The molecule has 0 amide bonds. The Morgan fingerprint density at radius 3 is 2.57 bits per heavy atom. The molecular formula is C19H29N5O4. The van der Waals surface area contributed by atoms with E-state index < -0.39 is 11.5 Å². The van der Waals surface area contributed by atoms with Crippen molar-refractivity contribution in [1.82, 2.24) is 24.0 Å². The molecule has 0 unspecified atom stereocenters. The lowest BCUT2D eigenvalue weighted by Gasteiger charge is -2.22. The zero-order valence-corrected chi connectivity index (χ0v) is 16.6. The molecule has 0 atom stereocenters. The number of carbonyl (C=O) groups is 1. The molecule has 0 aliphatic carbocycles. The first-order chi connectivity index (χ1) is 13.4. The third-order valence-corrected chi connectivity index (χ3v) is 5.70. The lowest BCUT2D eigenvalue weighted by Crippen LogP contribution is -2.39. The maximum absolute atomic E-state index is 12.9. The Hall–Kier alpha value is -2.42. The van der Waals surface area contributed by atoms with Crippen LogP contribution >= 0.6 is 0 Å². The minimum absolute atomic E-state index is 0.0295. The lowest BCUT2D eigenvalue weighted by molar-refractivity contribution is -0.137. The number of carboxylic acid groups (broad SMARTS) is 1. The van der Waals surface area contributed by atoms with Gasteiger partial charge in [0.25, 0.3) is 5.56 Å². The van der Waals surface area contributed by atoms with Gasteiger partial charge in [0.1, 0.15) is 11.5 Å². The van der Waals surface area contributed by atoms with E-state index in [1.54, 1.807) is 7.05 Å². The average Bonchev–Trinajstić information content (AvgIpc) is 3.01. The average molecular weight is 391 g/mol. The Bertz CT molecular complexity index is 965. The smallest absolute Gasteiger partial charge is 0.332 e. The molecule has 154 valence electrons. The molecule has 9 nitrogen and oxygen atoms in total. The summed E-state index contributed by atoms with van der Waals surface area (Å²) in [6.07, 6.45) is 5.03. The molecule has 0 bridgehead atoms. The van der Waals surface area contributed by atoms with E-state index in [0.29, 0.717) is 29.9 Å². The number of aromatic nitrogens is 4. The number of nitrogens with one attached hydrogen (secondary N) is 1. The van der Waals surface area contributed by atoms with Gasteiger partial charge in [0.15, 0.2) is 5.52 Å². The summed E-state index contributed by atoms with van der Waals surface area (Å²) in [7, 11) is 3.50. The van der Waals surface area contributed by atoms with Crippen molar-refractivity contribution in [2.24, 2.45) is 20.0 Å². The highest BCUT2D eigenvalue weighted by molar-refractivity contribution is 5.70. The van der Waals surface area contributed by atoms with Crippen LogP contribution < -0.4 is 16.6 Å². The van der Waals surface area contributed by atoms with Crippen molar-refractivity contribution in [3.63, 3.8) is 0 Å². The quantitative estimate of drug-likeness (QED) is 0.638. The molecular weight excluding hydrogens is 362 g/mol. The fourth-order valence-corrected chi connectivity index (χ4v) is 4.02. The van der Waals surface area contributed by atoms with Gasteiger partial charge in [-0.15, -0.1) is 0 Å². The van der Waals surface area contributed by atoms with Crippen LogP contribution in [0.5, 0.6) is 0 Å². The van der Waals surface area contributed by atoms with E-state index in [1.807, 2.05) is 11.6 Å². The summed E-state index contributed by atoms with van der Waals surface area (Å²) in [5.74, 6) is 0.610. The molecule has 3 rings (SSSR count). The second-order valence-corrected chi connectivity index (χ2v) is 7.64. The maximum Gasteiger partial charge on any atom is 0.332 e. The van der Waals surface area contributed by atoms with Gasteiger partial charge in [0, 0.05) is 33.5 Å². The number of aliphatic carboxylic acids is 1. The Morgan fingerprint density at radius 2 is 1.89 bits per heavy atom. The Balaban J connectivity index is 1.84. The van der Waals surface area contributed by atoms with Gasteiger partial charge >= 0.3 is 11.7 Å². The number of fused-ring (bicyclic) bond motifs is 1. The predicted octanol–water partition coefficient (Wildman–Crippen LogP) is 0.621. The van der Waals surface area contributed by atoms with Crippen molar-refractivity contribution in [2.75, 3.05) is 13.1 Å². The summed E-state index contributed by atoms with van der Waals surface area (Å²) in [5.41, 5.74) is 0.0677. The highest BCUT2D eigenvalue weighted by Crippen LogP contribution is 2.19. The van der Waals surface area contributed by atoms with Crippen LogP contribution in [0.25, 0.3) is 11.2 Å². The number of piperidine rings is 1. The number of aryl methyl sites for hydroxylation is 3. The van der Waals surface area contributed by atoms with Gasteiger partial charge in [-0.2, -0.15) is 0 Å². The van der Waals surface area contributed by atoms with Crippen LogP contribution in [0.4, 0.5) is 0 Å². The van der Waals surface area contributed by atoms with Gasteiger partial charge in [0.2, 0.25) is 0 Å². The summed E-state index contributed by atoms with van der Waals surface area (Å²) in [4.78, 5) is 40.7. The molecule has 2 aromatic rings. The van der Waals surface area contributed by atoms with Gasteiger partial charge in [0.05, 0.1) is 0 Å². The van der Waals surface area contributed by atoms with Crippen molar-refractivity contribution >= 4 is 17.1 Å². The lowest BCUT2D eigenvalue weighted by atomic mass is 9.93. The molecule has 2 aromatic heterocycles. The maximum atomic E-state index is 12.9. The van der Waals surface area contributed by atoms with Gasteiger partial charge in [-0.3, -0.25) is 18.7 Å². The first-order valence-electron chi connectivity index (χ1n) is 9.97. The molecule has 0 saturated carbocycles. The second kappa shape index (κ2) is 8.72. The van der Waals surface area contributed by atoms with Crippen molar-refractivity contribution in [3.05, 3.63) is 26.7 Å². The zero-order valence-electron chi connectivity index (χ0n) is 16.6. The third-order valence-electron chi connectivity index (χ3n) is 5.70. The third kappa shape index (κ3) is 4.19. The largest absolute Gasteiger partial charge is 0.481 e. The second-order valence-electron chi connectivity index (χ2n) is 7.64. The van der Waals surface area contributed by atoms with Crippen LogP contribution in [0.15, 0.2) is 9.59 Å². The molecule has 1 saturated heterocycles. The first kappa shape index (κ1) is 20.3. The molecule has 1 aliphatic rings. The molecule has 3 heterocycles. The number of nitrogens with zero attached hydrogens (tertiary/aromatic N) is 4. The highest BCUT2D eigenvalue weighted by atomic mass is 16.4. The fraction of sp³-hybridized carbons (Fsp3) is 0.684. The van der Waals surface area contributed by atoms with Crippen LogP contribution in [0.1, 0.15) is 44.3 Å². The summed E-state index contributed by atoms with van der Waals surface area (Å²) >= 11 is 0. The minimum atomic E-state index is -0.876. The van der Waals surface area contributed by atoms with Crippen molar-refractivity contribution in [1.29, 1.82) is 0 Å². The van der Waals surface area contributed by atoms with Gasteiger partial charge < -0.3 is 15.0 Å². The van der Waals surface area contributed by atoms with E-state index in [1.165, 1.54) is 9.13 Å². The van der Waals surface area contributed by atoms with Crippen LogP contribution in [-0.4, -0.2) is 42.9 Å². The molecule has 1 aliphatic heterocycles. The normalized spacial score (nSPS) is 15.4. The summed E-state index contributed by atoms with van der Waals surface area (Å²) < 4.78 is 4.50.